The molecule has 0 amide bonds. The highest BCUT2D eigenvalue weighted by atomic mass is 127. The topological polar surface area (TPSA) is 0 Å². The molecule has 0 aliphatic carbocycles. The molecule has 0 spiro atoms. The van der Waals surface area contributed by atoms with E-state index in [1.165, 1.54) is 9.13 Å². The van der Waals surface area contributed by atoms with Crippen LogP contribution in [-0.4, -0.2) is 0 Å². The molecule has 0 saturated heterocycles. The van der Waals surface area contributed by atoms with Gasteiger partial charge in [0.05, 0.1) is 0 Å². The average molecular weight is 319 g/mol. The summed E-state index contributed by atoms with van der Waals surface area (Å²) in [6.45, 7) is 2.11. The van der Waals surface area contributed by atoms with Gasteiger partial charge in [0.2, 0.25) is 3.57 Å². The highest BCUT2D eigenvalue weighted by Gasteiger charge is 2.06. The summed E-state index contributed by atoms with van der Waals surface area (Å²) in [6.07, 6.45) is 0. The SMILES string of the molecule is Cc1ccc([I+]C#Cc2ccccc2)cc1. The molecule has 78 valence electrons. The lowest BCUT2D eigenvalue weighted by atomic mass is 10.2. The molecular formula is C15H12I+. The van der Waals surface area contributed by atoms with E-state index in [-0.39, 0.29) is 21.2 Å². The number of rotatable bonds is 1. The maximum atomic E-state index is 3.30. The van der Waals surface area contributed by atoms with E-state index in [9.17, 15) is 0 Å². The number of hydrogen-bond donors (Lipinski definition) is 0. The Bertz CT molecular complexity index is 501. The molecule has 0 unspecified atom stereocenters. The summed E-state index contributed by atoms with van der Waals surface area (Å²) in [7, 11) is 0. The first-order valence-corrected chi connectivity index (χ1v) is 7.27. The fourth-order valence-corrected chi connectivity index (χ4v) is 2.73. The smallest absolute Gasteiger partial charge is 0.0622 e. The first-order valence-electron chi connectivity index (χ1n) is 5.11. The molecule has 2 aromatic rings. The van der Waals surface area contributed by atoms with Crippen LogP contribution in [0.4, 0.5) is 0 Å². The highest BCUT2D eigenvalue weighted by Crippen LogP contribution is 1.94. The van der Waals surface area contributed by atoms with E-state index in [4.69, 9.17) is 0 Å². The first kappa shape index (κ1) is 11.2. The van der Waals surface area contributed by atoms with Gasteiger partial charge in [0.25, 0.3) is 0 Å². The van der Waals surface area contributed by atoms with Gasteiger partial charge in [0, 0.05) is 5.56 Å². The summed E-state index contributed by atoms with van der Waals surface area (Å²) in [5, 5.41) is 0. The van der Waals surface area contributed by atoms with E-state index >= 15 is 0 Å². The van der Waals surface area contributed by atoms with Crippen LogP contribution in [0.5, 0.6) is 0 Å². The molecule has 0 nitrogen and oxygen atoms in total. The van der Waals surface area contributed by atoms with E-state index in [1.54, 1.807) is 0 Å². The van der Waals surface area contributed by atoms with Crippen LogP contribution < -0.4 is 21.2 Å². The van der Waals surface area contributed by atoms with Gasteiger partial charge in [-0.15, -0.1) is 0 Å². The van der Waals surface area contributed by atoms with Gasteiger partial charge in [-0.25, -0.2) is 0 Å². The lowest BCUT2D eigenvalue weighted by Gasteiger charge is -1.85. The third kappa shape index (κ3) is 3.39. The predicted octanol–water partition coefficient (Wildman–Crippen LogP) is 0.263. The minimum atomic E-state index is -0.173. The zero-order valence-corrected chi connectivity index (χ0v) is 11.2. The second kappa shape index (κ2) is 5.72. The molecule has 2 rings (SSSR count). The maximum Gasteiger partial charge on any atom is 0.420 e. The predicted molar refractivity (Wildman–Crippen MR) is 63.2 cm³/mol. The van der Waals surface area contributed by atoms with Crippen LogP contribution in [0.2, 0.25) is 0 Å². The summed E-state index contributed by atoms with van der Waals surface area (Å²) >= 11 is -0.173. The Morgan fingerprint density at radius 3 is 2.25 bits per heavy atom. The Morgan fingerprint density at radius 1 is 0.875 bits per heavy atom. The molecule has 0 aromatic heterocycles. The van der Waals surface area contributed by atoms with Crippen LogP contribution in [0.25, 0.3) is 0 Å². The van der Waals surface area contributed by atoms with Crippen molar-refractivity contribution in [1.29, 1.82) is 0 Å². The Balaban J connectivity index is 2.03. The van der Waals surface area contributed by atoms with E-state index in [1.807, 2.05) is 30.3 Å². The van der Waals surface area contributed by atoms with Crippen LogP contribution in [0.1, 0.15) is 11.1 Å². The van der Waals surface area contributed by atoms with Gasteiger partial charge in [-0.05, 0) is 37.1 Å². The quantitative estimate of drug-likeness (QED) is 0.523. The molecule has 16 heavy (non-hydrogen) atoms. The summed E-state index contributed by atoms with van der Waals surface area (Å²) in [4.78, 5) is 0. The Labute approximate surface area is 107 Å². The van der Waals surface area contributed by atoms with Gasteiger partial charge in [-0.3, -0.25) is 0 Å². The van der Waals surface area contributed by atoms with Crippen molar-refractivity contribution in [2.45, 2.75) is 6.92 Å². The maximum absolute atomic E-state index is 3.30. The second-order valence-corrected chi connectivity index (χ2v) is 5.80. The van der Waals surface area contributed by atoms with Gasteiger partial charge >= 0.3 is 21.2 Å². The van der Waals surface area contributed by atoms with E-state index < -0.39 is 0 Å². The fourth-order valence-electron chi connectivity index (χ4n) is 1.25. The Kier molecular flexibility index (Phi) is 4.01. The number of aryl methyl sites for hydroxylation is 1. The molecule has 0 atom stereocenters. The van der Waals surface area contributed by atoms with Crippen LogP contribution >= 0.6 is 0 Å². The summed E-state index contributed by atoms with van der Waals surface area (Å²) in [5.74, 6) is 3.21. The van der Waals surface area contributed by atoms with Crippen molar-refractivity contribution < 1.29 is 21.2 Å². The molecule has 1 heteroatoms. The van der Waals surface area contributed by atoms with Crippen molar-refractivity contribution in [2.75, 3.05) is 0 Å². The molecule has 0 bridgehead atoms. The van der Waals surface area contributed by atoms with Crippen LogP contribution in [0.15, 0.2) is 54.6 Å². The summed E-state index contributed by atoms with van der Waals surface area (Å²) in [5.41, 5.74) is 2.41. The van der Waals surface area contributed by atoms with Crippen molar-refractivity contribution in [2.24, 2.45) is 0 Å². The van der Waals surface area contributed by atoms with E-state index in [0.717, 1.165) is 5.56 Å². The van der Waals surface area contributed by atoms with Crippen molar-refractivity contribution >= 4 is 0 Å². The minimum Gasteiger partial charge on any atom is -0.0622 e. The van der Waals surface area contributed by atoms with Gasteiger partial charge in [0.1, 0.15) is 0 Å². The summed E-state index contributed by atoms with van der Waals surface area (Å²) < 4.78 is 4.68. The highest BCUT2D eigenvalue weighted by molar-refractivity contribution is 5.32. The molecule has 0 fully saturated rings. The van der Waals surface area contributed by atoms with Crippen molar-refractivity contribution in [3.05, 3.63) is 69.3 Å². The van der Waals surface area contributed by atoms with Crippen LogP contribution in [-0.2, 0) is 0 Å². The normalized spacial score (nSPS) is 9.31. The van der Waals surface area contributed by atoms with Gasteiger partial charge < -0.3 is 0 Å². The molecule has 0 saturated carbocycles. The molecular weight excluding hydrogens is 307 g/mol. The zero-order chi connectivity index (χ0) is 11.2. The third-order valence-electron chi connectivity index (χ3n) is 2.13. The molecule has 2 aromatic carbocycles. The molecule has 0 aliphatic heterocycles. The second-order valence-electron chi connectivity index (χ2n) is 3.48. The monoisotopic (exact) mass is 319 g/mol. The van der Waals surface area contributed by atoms with Crippen LogP contribution in [0, 0.1) is 20.3 Å². The first-order chi connectivity index (χ1) is 7.84. The Morgan fingerprint density at radius 2 is 1.56 bits per heavy atom. The fraction of sp³-hybridized carbons (Fsp3) is 0.0667. The van der Waals surface area contributed by atoms with E-state index in [0.29, 0.717) is 0 Å². The van der Waals surface area contributed by atoms with Gasteiger partial charge in [-0.2, -0.15) is 0 Å². The summed E-state index contributed by atoms with van der Waals surface area (Å²) in [6, 6.07) is 18.8. The number of hydrogen-bond acceptors (Lipinski definition) is 0. The molecule has 0 radical (unpaired) electrons. The van der Waals surface area contributed by atoms with Gasteiger partial charge in [-0.1, -0.05) is 35.9 Å². The van der Waals surface area contributed by atoms with Crippen molar-refractivity contribution in [3.63, 3.8) is 0 Å². The molecule has 0 N–H and O–H groups in total. The van der Waals surface area contributed by atoms with E-state index in [2.05, 4.69) is 41.0 Å². The van der Waals surface area contributed by atoms with Crippen LogP contribution in [0.3, 0.4) is 0 Å². The molecule has 0 heterocycles. The Hall–Kier alpha value is -1.27. The standard InChI is InChI=1S/C15H12I/c1-13-7-9-15(10-8-13)16-12-11-14-5-3-2-4-6-14/h2-10H,1H3/q+1. The lowest BCUT2D eigenvalue weighted by Crippen LogP contribution is -3.59. The van der Waals surface area contributed by atoms with Crippen molar-refractivity contribution in [3.8, 4) is 9.85 Å². The molecule has 0 aliphatic rings. The zero-order valence-electron chi connectivity index (χ0n) is 9.07. The number of benzene rings is 2. The lowest BCUT2D eigenvalue weighted by molar-refractivity contribution is -0.535. The van der Waals surface area contributed by atoms with Gasteiger partial charge in [0.15, 0.2) is 3.93 Å². The average Bonchev–Trinajstić information content (AvgIpc) is 2.33. The minimum absolute atomic E-state index is 0.173. The third-order valence-corrected chi connectivity index (χ3v) is 4.01. The van der Waals surface area contributed by atoms with Crippen molar-refractivity contribution in [1.82, 2.24) is 0 Å². The largest absolute Gasteiger partial charge is 0.420 e. The number of halogens is 1.